The standard InChI is InChI=1S/C18H18ClNO3/c1-11-7-8-16(12(2)9-11)20-17(21)13(3)23-18(22)14-5-4-6-15(19)10-14/h4-10,13H,1-3H3,(H,20,21)/t13-/m1/s1. The van der Waals surface area contributed by atoms with Crippen LogP contribution in [0.2, 0.25) is 5.02 Å². The molecule has 0 spiro atoms. The van der Waals surface area contributed by atoms with Crippen molar-refractivity contribution in [2.45, 2.75) is 26.9 Å². The van der Waals surface area contributed by atoms with E-state index in [2.05, 4.69) is 5.32 Å². The zero-order valence-electron chi connectivity index (χ0n) is 13.2. The molecule has 5 heteroatoms. The van der Waals surface area contributed by atoms with Crippen LogP contribution in [0.15, 0.2) is 42.5 Å². The second kappa shape index (κ2) is 7.29. The number of benzene rings is 2. The molecule has 0 fully saturated rings. The van der Waals surface area contributed by atoms with Crippen molar-refractivity contribution < 1.29 is 14.3 Å². The van der Waals surface area contributed by atoms with Crippen LogP contribution in [0, 0.1) is 13.8 Å². The lowest BCUT2D eigenvalue weighted by molar-refractivity contribution is -0.123. The topological polar surface area (TPSA) is 55.4 Å². The summed E-state index contributed by atoms with van der Waals surface area (Å²) < 4.78 is 5.18. The van der Waals surface area contributed by atoms with Gasteiger partial charge in [-0.1, -0.05) is 35.4 Å². The first-order chi connectivity index (χ1) is 10.9. The van der Waals surface area contributed by atoms with Gasteiger partial charge in [-0.2, -0.15) is 0 Å². The monoisotopic (exact) mass is 331 g/mol. The summed E-state index contributed by atoms with van der Waals surface area (Å²) in [5, 5.41) is 3.20. The Morgan fingerprint density at radius 3 is 2.52 bits per heavy atom. The summed E-state index contributed by atoms with van der Waals surface area (Å²) in [6.07, 6.45) is -0.915. The molecule has 0 saturated carbocycles. The number of ether oxygens (including phenoxy) is 1. The van der Waals surface area contributed by atoms with E-state index < -0.39 is 12.1 Å². The third-order valence-corrected chi connectivity index (χ3v) is 3.59. The van der Waals surface area contributed by atoms with E-state index in [0.29, 0.717) is 16.3 Å². The van der Waals surface area contributed by atoms with Crippen LogP contribution in [0.5, 0.6) is 0 Å². The van der Waals surface area contributed by atoms with Gasteiger partial charge in [0.15, 0.2) is 6.10 Å². The number of aryl methyl sites for hydroxylation is 2. The predicted octanol–water partition coefficient (Wildman–Crippen LogP) is 4.14. The highest BCUT2D eigenvalue weighted by atomic mass is 35.5. The molecule has 0 heterocycles. The van der Waals surface area contributed by atoms with Crippen LogP contribution in [0.25, 0.3) is 0 Å². The van der Waals surface area contributed by atoms with Crippen LogP contribution in [-0.4, -0.2) is 18.0 Å². The van der Waals surface area contributed by atoms with Crippen molar-refractivity contribution in [3.63, 3.8) is 0 Å². The molecular weight excluding hydrogens is 314 g/mol. The van der Waals surface area contributed by atoms with Crippen molar-refractivity contribution in [2.24, 2.45) is 0 Å². The number of anilines is 1. The van der Waals surface area contributed by atoms with E-state index in [1.54, 1.807) is 18.2 Å². The first kappa shape index (κ1) is 17.0. The van der Waals surface area contributed by atoms with E-state index in [1.165, 1.54) is 13.0 Å². The summed E-state index contributed by atoms with van der Waals surface area (Å²) in [5.41, 5.74) is 3.07. The number of carbonyl (C=O) groups excluding carboxylic acids is 2. The summed E-state index contributed by atoms with van der Waals surface area (Å²) in [6.45, 7) is 5.42. The molecule has 2 rings (SSSR count). The first-order valence-electron chi connectivity index (χ1n) is 7.21. The van der Waals surface area contributed by atoms with E-state index in [-0.39, 0.29) is 5.91 Å². The Balaban J connectivity index is 2.01. The van der Waals surface area contributed by atoms with Gasteiger partial charge in [-0.25, -0.2) is 4.79 Å². The van der Waals surface area contributed by atoms with Crippen molar-refractivity contribution in [3.8, 4) is 0 Å². The molecule has 1 N–H and O–H groups in total. The van der Waals surface area contributed by atoms with Gasteiger partial charge >= 0.3 is 5.97 Å². The molecule has 0 aliphatic carbocycles. The zero-order chi connectivity index (χ0) is 17.0. The van der Waals surface area contributed by atoms with Gasteiger partial charge < -0.3 is 10.1 Å². The summed E-state index contributed by atoms with van der Waals surface area (Å²) in [7, 11) is 0. The Morgan fingerprint density at radius 1 is 1.13 bits per heavy atom. The lowest BCUT2D eigenvalue weighted by atomic mass is 10.1. The highest BCUT2D eigenvalue weighted by Crippen LogP contribution is 2.17. The highest BCUT2D eigenvalue weighted by Gasteiger charge is 2.19. The van der Waals surface area contributed by atoms with Gasteiger partial charge in [0.05, 0.1) is 5.56 Å². The van der Waals surface area contributed by atoms with Gasteiger partial charge in [0, 0.05) is 10.7 Å². The zero-order valence-corrected chi connectivity index (χ0v) is 14.0. The molecule has 0 unspecified atom stereocenters. The lowest BCUT2D eigenvalue weighted by Gasteiger charge is -2.15. The molecule has 0 aliphatic heterocycles. The Hall–Kier alpha value is -2.33. The largest absolute Gasteiger partial charge is 0.449 e. The maximum atomic E-state index is 12.2. The van der Waals surface area contributed by atoms with Crippen molar-refractivity contribution in [1.82, 2.24) is 0 Å². The Labute approximate surface area is 140 Å². The number of hydrogen-bond donors (Lipinski definition) is 1. The maximum Gasteiger partial charge on any atom is 0.338 e. The quantitative estimate of drug-likeness (QED) is 0.857. The van der Waals surface area contributed by atoms with Gasteiger partial charge in [0.2, 0.25) is 0 Å². The number of hydrogen-bond acceptors (Lipinski definition) is 3. The van der Waals surface area contributed by atoms with Crippen LogP contribution in [-0.2, 0) is 9.53 Å². The highest BCUT2D eigenvalue weighted by molar-refractivity contribution is 6.30. The van der Waals surface area contributed by atoms with Crippen molar-refractivity contribution in [1.29, 1.82) is 0 Å². The number of amides is 1. The number of nitrogens with one attached hydrogen (secondary N) is 1. The minimum atomic E-state index is -0.915. The molecule has 23 heavy (non-hydrogen) atoms. The second-order valence-corrected chi connectivity index (χ2v) is 5.80. The Bertz CT molecular complexity index is 743. The van der Waals surface area contributed by atoms with Crippen molar-refractivity contribution in [2.75, 3.05) is 5.32 Å². The molecule has 1 amide bonds. The van der Waals surface area contributed by atoms with E-state index >= 15 is 0 Å². The summed E-state index contributed by atoms with van der Waals surface area (Å²) >= 11 is 5.84. The van der Waals surface area contributed by atoms with Crippen LogP contribution in [0.1, 0.15) is 28.4 Å². The van der Waals surface area contributed by atoms with Gasteiger partial charge in [-0.3, -0.25) is 4.79 Å². The van der Waals surface area contributed by atoms with Crippen LogP contribution in [0.3, 0.4) is 0 Å². The maximum absolute atomic E-state index is 12.2. The van der Waals surface area contributed by atoms with E-state index in [0.717, 1.165) is 11.1 Å². The molecule has 0 bridgehead atoms. The average molecular weight is 332 g/mol. The van der Waals surface area contributed by atoms with Gasteiger partial charge in [-0.15, -0.1) is 0 Å². The smallest absolute Gasteiger partial charge is 0.338 e. The van der Waals surface area contributed by atoms with E-state index in [9.17, 15) is 9.59 Å². The molecule has 4 nitrogen and oxygen atoms in total. The molecule has 0 aliphatic rings. The third kappa shape index (κ3) is 4.57. The minimum Gasteiger partial charge on any atom is -0.449 e. The minimum absolute atomic E-state index is 0.309. The molecular formula is C18H18ClNO3. The van der Waals surface area contributed by atoms with Gasteiger partial charge in [-0.05, 0) is 50.6 Å². The summed E-state index contributed by atoms with van der Waals surface area (Å²) in [4.78, 5) is 24.2. The molecule has 0 aromatic heterocycles. The molecule has 0 radical (unpaired) electrons. The Morgan fingerprint density at radius 2 is 1.87 bits per heavy atom. The average Bonchev–Trinajstić information content (AvgIpc) is 2.49. The fraction of sp³-hybridized carbons (Fsp3) is 0.222. The molecule has 2 aromatic rings. The van der Waals surface area contributed by atoms with Gasteiger partial charge in [0.1, 0.15) is 0 Å². The second-order valence-electron chi connectivity index (χ2n) is 5.37. The molecule has 2 aromatic carbocycles. The van der Waals surface area contributed by atoms with Crippen molar-refractivity contribution in [3.05, 3.63) is 64.2 Å². The van der Waals surface area contributed by atoms with E-state index in [1.807, 2.05) is 32.0 Å². The number of halogens is 1. The molecule has 120 valence electrons. The Kier molecular flexibility index (Phi) is 5.40. The number of carbonyl (C=O) groups is 2. The fourth-order valence-corrected chi connectivity index (χ4v) is 2.28. The van der Waals surface area contributed by atoms with Crippen LogP contribution >= 0.6 is 11.6 Å². The van der Waals surface area contributed by atoms with Gasteiger partial charge in [0.25, 0.3) is 5.91 Å². The summed E-state index contributed by atoms with van der Waals surface area (Å²) in [5.74, 6) is -0.969. The molecule has 0 saturated heterocycles. The number of rotatable bonds is 4. The third-order valence-electron chi connectivity index (χ3n) is 3.35. The fourth-order valence-electron chi connectivity index (χ4n) is 2.09. The van der Waals surface area contributed by atoms with Crippen LogP contribution < -0.4 is 5.32 Å². The van der Waals surface area contributed by atoms with E-state index in [4.69, 9.17) is 16.3 Å². The summed E-state index contributed by atoms with van der Waals surface area (Å²) in [6, 6.07) is 12.1. The predicted molar refractivity (Wildman–Crippen MR) is 90.9 cm³/mol. The molecule has 1 atom stereocenters. The normalized spacial score (nSPS) is 11.7. The van der Waals surface area contributed by atoms with Crippen molar-refractivity contribution >= 4 is 29.2 Å². The number of esters is 1. The lowest BCUT2D eigenvalue weighted by Crippen LogP contribution is -2.30. The van der Waals surface area contributed by atoms with Crippen LogP contribution in [0.4, 0.5) is 5.69 Å². The SMILES string of the molecule is Cc1ccc(NC(=O)[C@@H](C)OC(=O)c2cccc(Cl)c2)c(C)c1. The first-order valence-corrected chi connectivity index (χ1v) is 7.59.